The summed E-state index contributed by atoms with van der Waals surface area (Å²) in [6.45, 7) is 15.8. The van der Waals surface area contributed by atoms with E-state index in [-0.39, 0.29) is 24.5 Å². The Hall–Kier alpha value is -1.72. The Morgan fingerprint density at radius 3 is 2.34 bits per heavy atom. The molecule has 1 aromatic rings. The zero-order chi connectivity index (χ0) is 21.6. The standard InChI is InChI=1S/C24H38N2O3/c1-18(2)12-13-25-14-15-26(19(3)4)21(16-25)22(27)24(5,6)23(28)29-17-20-10-8-7-9-11-20/h7-11,18-19,21H,12-17H2,1-6H3/t21-/m0/s1. The van der Waals surface area contributed by atoms with Crippen molar-refractivity contribution in [3.05, 3.63) is 35.9 Å². The largest absolute Gasteiger partial charge is 0.460 e. The molecule has 0 radical (unpaired) electrons. The zero-order valence-electron chi connectivity index (χ0n) is 19.0. The summed E-state index contributed by atoms with van der Waals surface area (Å²) in [7, 11) is 0. The molecule has 0 bridgehead atoms. The topological polar surface area (TPSA) is 49.9 Å². The lowest BCUT2D eigenvalue weighted by molar-refractivity contribution is -0.162. The van der Waals surface area contributed by atoms with Gasteiger partial charge in [0, 0.05) is 25.7 Å². The van der Waals surface area contributed by atoms with Gasteiger partial charge >= 0.3 is 5.97 Å². The van der Waals surface area contributed by atoms with Crippen LogP contribution in [0, 0.1) is 11.3 Å². The van der Waals surface area contributed by atoms with Gasteiger partial charge in [-0.3, -0.25) is 14.5 Å². The van der Waals surface area contributed by atoms with Gasteiger partial charge in [-0.1, -0.05) is 44.2 Å². The molecule has 0 spiro atoms. The molecule has 0 amide bonds. The number of ketones is 1. The molecule has 1 aliphatic heterocycles. The van der Waals surface area contributed by atoms with Crippen molar-refractivity contribution in [3.8, 4) is 0 Å². The van der Waals surface area contributed by atoms with E-state index in [2.05, 4.69) is 37.5 Å². The fraction of sp³-hybridized carbons (Fsp3) is 0.667. The van der Waals surface area contributed by atoms with Gasteiger partial charge in [0.05, 0.1) is 6.04 Å². The van der Waals surface area contributed by atoms with Gasteiger partial charge in [0.15, 0.2) is 5.78 Å². The van der Waals surface area contributed by atoms with Crippen LogP contribution in [0.15, 0.2) is 30.3 Å². The first-order chi connectivity index (χ1) is 13.6. The number of carbonyl (C=O) groups excluding carboxylic acids is 2. The molecule has 1 atom stereocenters. The van der Waals surface area contributed by atoms with Crippen molar-refractivity contribution in [2.75, 3.05) is 26.2 Å². The van der Waals surface area contributed by atoms with Crippen LogP contribution in [0.2, 0.25) is 0 Å². The second kappa shape index (κ2) is 10.4. The Morgan fingerprint density at radius 1 is 1.10 bits per heavy atom. The first kappa shape index (κ1) is 23.6. The van der Waals surface area contributed by atoms with Gasteiger partial charge in [-0.05, 0) is 52.1 Å². The van der Waals surface area contributed by atoms with Crippen LogP contribution in [0.3, 0.4) is 0 Å². The number of piperazine rings is 1. The minimum Gasteiger partial charge on any atom is -0.460 e. The molecule has 0 aliphatic carbocycles. The number of nitrogens with zero attached hydrogens (tertiary/aromatic N) is 2. The Balaban J connectivity index is 2.07. The normalized spacial score (nSPS) is 19.0. The third-order valence-electron chi connectivity index (χ3n) is 5.83. The van der Waals surface area contributed by atoms with Gasteiger partial charge in [-0.2, -0.15) is 0 Å². The third kappa shape index (κ3) is 6.38. The maximum absolute atomic E-state index is 13.5. The molecule has 29 heavy (non-hydrogen) atoms. The van der Waals surface area contributed by atoms with E-state index in [0.717, 1.165) is 31.6 Å². The van der Waals surface area contributed by atoms with Crippen LogP contribution in [0.4, 0.5) is 0 Å². The van der Waals surface area contributed by atoms with Crippen LogP contribution in [0.5, 0.6) is 0 Å². The van der Waals surface area contributed by atoms with E-state index in [0.29, 0.717) is 12.5 Å². The molecule has 162 valence electrons. The smallest absolute Gasteiger partial charge is 0.319 e. The van der Waals surface area contributed by atoms with E-state index in [4.69, 9.17) is 4.74 Å². The number of Topliss-reactive ketones (excluding diaryl/α,β-unsaturated/α-hetero) is 1. The molecule has 1 saturated heterocycles. The molecule has 0 N–H and O–H groups in total. The van der Waals surface area contributed by atoms with Crippen LogP contribution in [-0.2, 0) is 20.9 Å². The van der Waals surface area contributed by atoms with E-state index in [1.165, 1.54) is 0 Å². The summed E-state index contributed by atoms with van der Waals surface area (Å²) in [4.78, 5) is 30.9. The molecule has 5 nitrogen and oxygen atoms in total. The predicted octanol–water partition coefficient (Wildman–Crippen LogP) is 3.77. The predicted molar refractivity (Wildman–Crippen MR) is 117 cm³/mol. The Kier molecular flexibility index (Phi) is 8.41. The van der Waals surface area contributed by atoms with Gasteiger partial charge in [0.25, 0.3) is 0 Å². The molecule has 0 unspecified atom stereocenters. The summed E-state index contributed by atoms with van der Waals surface area (Å²) in [5, 5.41) is 0. The summed E-state index contributed by atoms with van der Waals surface area (Å²) in [5.74, 6) is 0.143. The number of esters is 1. The van der Waals surface area contributed by atoms with E-state index in [1.807, 2.05) is 30.3 Å². The fourth-order valence-corrected chi connectivity index (χ4v) is 3.77. The quantitative estimate of drug-likeness (QED) is 0.465. The van der Waals surface area contributed by atoms with E-state index in [9.17, 15) is 9.59 Å². The summed E-state index contributed by atoms with van der Waals surface area (Å²) in [6.07, 6.45) is 1.12. The minimum atomic E-state index is -1.17. The zero-order valence-corrected chi connectivity index (χ0v) is 19.0. The van der Waals surface area contributed by atoms with Crippen molar-refractivity contribution in [3.63, 3.8) is 0 Å². The van der Waals surface area contributed by atoms with E-state index in [1.54, 1.807) is 13.8 Å². The number of hydrogen-bond acceptors (Lipinski definition) is 5. The lowest BCUT2D eigenvalue weighted by Crippen LogP contribution is -2.61. The number of benzene rings is 1. The number of rotatable bonds is 9. The van der Waals surface area contributed by atoms with Crippen molar-refractivity contribution >= 4 is 11.8 Å². The number of ether oxygens (including phenoxy) is 1. The van der Waals surface area contributed by atoms with Crippen molar-refractivity contribution in [1.82, 2.24) is 9.80 Å². The highest BCUT2D eigenvalue weighted by molar-refractivity contribution is 6.05. The van der Waals surface area contributed by atoms with Gasteiger partial charge in [-0.15, -0.1) is 0 Å². The van der Waals surface area contributed by atoms with Gasteiger partial charge in [-0.25, -0.2) is 0 Å². The van der Waals surface area contributed by atoms with Crippen LogP contribution in [-0.4, -0.2) is 59.8 Å². The highest BCUT2D eigenvalue weighted by Crippen LogP contribution is 2.27. The Morgan fingerprint density at radius 2 is 1.76 bits per heavy atom. The van der Waals surface area contributed by atoms with Crippen LogP contribution >= 0.6 is 0 Å². The first-order valence-electron chi connectivity index (χ1n) is 10.9. The number of carbonyl (C=O) groups is 2. The average molecular weight is 403 g/mol. The maximum Gasteiger partial charge on any atom is 0.319 e. The average Bonchev–Trinajstić information content (AvgIpc) is 2.70. The fourth-order valence-electron chi connectivity index (χ4n) is 3.77. The maximum atomic E-state index is 13.5. The van der Waals surface area contributed by atoms with Crippen LogP contribution in [0.25, 0.3) is 0 Å². The molecule has 1 fully saturated rings. The molecular weight excluding hydrogens is 364 g/mol. The molecule has 0 aromatic heterocycles. The van der Waals surface area contributed by atoms with Gasteiger partial charge < -0.3 is 9.64 Å². The highest BCUT2D eigenvalue weighted by atomic mass is 16.5. The highest BCUT2D eigenvalue weighted by Gasteiger charge is 2.45. The SMILES string of the molecule is CC(C)CCN1CCN(C(C)C)[C@H](C(=O)C(C)(C)C(=O)OCc2ccccc2)C1. The Bertz CT molecular complexity index is 670. The van der Waals surface area contributed by atoms with Crippen molar-refractivity contribution in [2.24, 2.45) is 11.3 Å². The number of hydrogen-bond donors (Lipinski definition) is 0. The van der Waals surface area contributed by atoms with Crippen molar-refractivity contribution in [2.45, 2.75) is 66.7 Å². The molecule has 1 aliphatic rings. The minimum absolute atomic E-state index is 0.0430. The van der Waals surface area contributed by atoms with E-state index < -0.39 is 11.4 Å². The molecular formula is C24H38N2O3. The lowest BCUT2D eigenvalue weighted by Gasteiger charge is -2.44. The first-order valence-corrected chi connectivity index (χ1v) is 10.9. The van der Waals surface area contributed by atoms with Gasteiger partial charge in [0.1, 0.15) is 12.0 Å². The molecule has 5 heteroatoms. The molecule has 1 aromatic carbocycles. The van der Waals surface area contributed by atoms with Crippen molar-refractivity contribution in [1.29, 1.82) is 0 Å². The summed E-state index contributed by atoms with van der Waals surface area (Å²) in [5.41, 5.74) is -0.251. The molecule has 0 saturated carbocycles. The second-order valence-corrected chi connectivity index (χ2v) is 9.38. The van der Waals surface area contributed by atoms with Gasteiger partial charge in [0.2, 0.25) is 0 Å². The Labute approximate surface area is 176 Å². The van der Waals surface area contributed by atoms with Crippen molar-refractivity contribution < 1.29 is 14.3 Å². The molecule has 1 heterocycles. The second-order valence-electron chi connectivity index (χ2n) is 9.38. The van der Waals surface area contributed by atoms with E-state index >= 15 is 0 Å². The molecule has 2 rings (SSSR count). The summed E-state index contributed by atoms with van der Waals surface area (Å²) < 4.78 is 5.51. The summed E-state index contributed by atoms with van der Waals surface area (Å²) in [6, 6.07) is 9.55. The monoisotopic (exact) mass is 402 g/mol. The third-order valence-corrected chi connectivity index (χ3v) is 5.83. The van der Waals surface area contributed by atoms with Crippen LogP contribution in [0.1, 0.15) is 53.5 Å². The lowest BCUT2D eigenvalue weighted by atomic mass is 9.82. The summed E-state index contributed by atoms with van der Waals surface area (Å²) >= 11 is 0. The van der Waals surface area contributed by atoms with Crippen LogP contribution < -0.4 is 0 Å².